The summed E-state index contributed by atoms with van der Waals surface area (Å²) in [6.45, 7) is 10.6. The SMILES string of the molecule is Cc1nc(N2CC(C3CCCN(C4CC(C)(C(=O)O)C4)C3)C2)nc(NCc2ccc(Cl)cc2Cl)c1C. The van der Waals surface area contributed by atoms with Crippen LogP contribution in [0.3, 0.4) is 0 Å². The zero-order valence-electron chi connectivity index (χ0n) is 21.2. The van der Waals surface area contributed by atoms with Gasteiger partial charge in [0.05, 0.1) is 5.41 Å². The minimum atomic E-state index is -0.652. The molecular formula is C27H35Cl2N5O2. The van der Waals surface area contributed by atoms with Gasteiger partial charge in [0.15, 0.2) is 0 Å². The quantitative estimate of drug-likeness (QED) is 0.493. The van der Waals surface area contributed by atoms with E-state index in [1.54, 1.807) is 6.07 Å². The predicted molar refractivity (Wildman–Crippen MR) is 144 cm³/mol. The minimum Gasteiger partial charge on any atom is -0.481 e. The van der Waals surface area contributed by atoms with Crippen LogP contribution in [-0.4, -0.2) is 58.2 Å². The van der Waals surface area contributed by atoms with Crippen LogP contribution in [0.5, 0.6) is 0 Å². The summed E-state index contributed by atoms with van der Waals surface area (Å²) in [5, 5.41) is 14.2. The van der Waals surface area contributed by atoms with Gasteiger partial charge in [-0.05, 0) is 82.5 Å². The Kier molecular flexibility index (Phi) is 7.09. The second-order valence-corrected chi connectivity index (χ2v) is 12.0. The number of rotatable bonds is 7. The van der Waals surface area contributed by atoms with Gasteiger partial charge in [0.1, 0.15) is 5.82 Å². The van der Waals surface area contributed by atoms with E-state index in [2.05, 4.69) is 15.1 Å². The lowest BCUT2D eigenvalue weighted by atomic mass is 9.65. The molecule has 7 nitrogen and oxygen atoms in total. The number of anilines is 2. The van der Waals surface area contributed by atoms with Gasteiger partial charge < -0.3 is 20.2 Å². The molecule has 1 saturated carbocycles. The summed E-state index contributed by atoms with van der Waals surface area (Å²) in [7, 11) is 0. The number of aliphatic carboxylic acids is 1. The molecule has 1 aromatic carbocycles. The van der Waals surface area contributed by atoms with Crippen LogP contribution < -0.4 is 10.2 Å². The Balaban J connectivity index is 1.18. The van der Waals surface area contributed by atoms with Crippen molar-refractivity contribution in [3.05, 3.63) is 45.1 Å². The van der Waals surface area contributed by atoms with Gasteiger partial charge in [-0.3, -0.25) is 4.79 Å². The van der Waals surface area contributed by atoms with Gasteiger partial charge in [0.25, 0.3) is 0 Å². The average molecular weight is 533 g/mol. The van der Waals surface area contributed by atoms with Crippen LogP contribution in [0.15, 0.2) is 18.2 Å². The smallest absolute Gasteiger partial charge is 0.309 e. The van der Waals surface area contributed by atoms with E-state index in [0.717, 1.165) is 67.6 Å². The van der Waals surface area contributed by atoms with Crippen molar-refractivity contribution in [2.45, 2.75) is 59.0 Å². The molecule has 1 aliphatic carbocycles. The predicted octanol–water partition coefficient (Wildman–Crippen LogP) is 5.41. The monoisotopic (exact) mass is 531 g/mol. The van der Waals surface area contributed by atoms with Crippen LogP contribution in [0.1, 0.15) is 49.4 Å². The maximum Gasteiger partial charge on any atom is 0.309 e. The second-order valence-electron chi connectivity index (χ2n) is 11.2. The third-order valence-electron chi connectivity index (χ3n) is 8.59. The van der Waals surface area contributed by atoms with Crippen LogP contribution in [0.2, 0.25) is 10.0 Å². The highest BCUT2D eigenvalue weighted by atomic mass is 35.5. The van der Waals surface area contributed by atoms with Crippen LogP contribution in [0.25, 0.3) is 0 Å². The van der Waals surface area contributed by atoms with E-state index < -0.39 is 11.4 Å². The summed E-state index contributed by atoms with van der Waals surface area (Å²) in [5.74, 6) is 2.25. The number of hydrogen-bond acceptors (Lipinski definition) is 6. The lowest BCUT2D eigenvalue weighted by molar-refractivity contribution is -0.158. The van der Waals surface area contributed by atoms with Gasteiger partial charge in [-0.1, -0.05) is 29.3 Å². The molecule has 1 atom stereocenters. The number of carboxylic acids is 1. The first kappa shape index (κ1) is 25.6. The number of aryl methyl sites for hydroxylation is 1. The zero-order valence-corrected chi connectivity index (χ0v) is 22.7. The van der Waals surface area contributed by atoms with E-state index in [4.69, 9.17) is 33.2 Å². The summed E-state index contributed by atoms with van der Waals surface area (Å²) in [6.07, 6.45) is 4.00. The van der Waals surface area contributed by atoms with Gasteiger partial charge in [-0.15, -0.1) is 0 Å². The van der Waals surface area contributed by atoms with Crippen LogP contribution in [0, 0.1) is 31.1 Å². The molecule has 3 heterocycles. The van der Waals surface area contributed by atoms with E-state index in [1.165, 1.54) is 12.8 Å². The molecule has 194 valence electrons. The maximum absolute atomic E-state index is 11.5. The standard InChI is InChI=1S/C27H35Cl2N5O2/c1-16-17(2)31-26(32-24(16)30-12-18-6-7-21(28)9-23(18)29)34-14-20(15-34)19-5-4-8-33(13-19)22-10-27(3,11-22)25(35)36/h6-7,9,19-20,22H,4-5,8,10-15H2,1-3H3,(H,35,36)(H,30,31,32). The van der Waals surface area contributed by atoms with E-state index in [-0.39, 0.29) is 0 Å². The Bertz CT molecular complexity index is 1150. The molecule has 9 heteroatoms. The van der Waals surface area contributed by atoms with Crippen molar-refractivity contribution in [1.29, 1.82) is 0 Å². The van der Waals surface area contributed by atoms with E-state index in [1.807, 2.05) is 32.9 Å². The van der Waals surface area contributed by atoms with Crippen molar-refractivity contribution in [2.75, 3.05) is 36.4 Å². The molecule has 2 aromatic rings. The normalized spacial score (nSPS) is 26.9. The lowest BCUT2D eigenvalue weighted by Crippen LogP contribution is -2.58. The number of halogens is 2. The molecule has 0 amide bonds. The van der Waals surface area contributed by atoms with Gasteiger partial charge in [-0.2, -0.15) is 4.98 Å². The molecule has 2 N–H and O–H groups in total. The van der Waals surface area contributed by atoms with E-state index >= 15 is 0 Å². The third-order valence-corrected chi connectivity index (χ3v) is 9.18. The molecule has 2 aliphatic heterocycles. The van der Waals surface area contributed by atoms with Gasteiger partial charge in [0.2, 0.25) is 5.95 Å². The molecule has 3 fully saturated rings. The number of aromatic nitrogens is 2. The fraction of sp³-hybridized carbons (Fsp3) is 0.593. The highest BCUT2D eigenvalue weighted by Gasteiger charge is 2.49. The summed E-state index contributed by atoms with van der Waals surface area (Å²) in [6, 6.07) is 5.96. The zero-order chi connectivity index (χ0) is 25.6. The van der Waals surface area contributed by atoms with Crippen molar-refractivity contribution < 1.29 is 9.90 Å². The number of piperidine rings is 1. The number of likely N-dealkylation sites (tertiary alicyclic amines) is 1. The highest BCUT2D eigenvalue weighted by molar-refractivity contribution is 6.35. The maximum atomic E-state index is 11.5. The van der Waals surface area contributed by atoms with Crippen LogP contribution >= 0.6 is 23.2 Å². The van der Waals surface area contributed by atoms with Gasteiger partial charge in [-0.25, -0.2) is 4.98 Å². The molecule has 0 bridgehead atoms. The summed E-state index contributed by atoms with van der Waals surface area (Å²) < 4.78 is 0. The molecular weight excluding hydrogens is 497 g/mol. The Hall–Kier alpha value is -2.09. The van der Waals surface area contributed by atoms with E-state index in [0.29, 0.717) is 34.5 Å². The Morgan fingerprint density at radius 1 is 1.17 bits per heavy atom. The summed E-state index contributed by atoms with van der Waals surface area (Å²) in [4.78, 5) is 26.0. The van der Waals surface area contributed by atoms with Crippen molar-refractivity contribution in [2.24, 2.45) is 17.3 Å². The first-order valence-electron chi connectivity index (χ1n) is 12.9. The average Bonchev–Trinajstić information content (AvgIpc) is 2.78. The third kappa shape index (κ3) is 5.02. The van der Waals surface area contributed by atoms with Gasteiger partial charge in [0, 0.05) is 53.5 Å². The molecule has 0 radical (unpaired) electrons. The Morgan fingerprint density at radius 3 is 2.61 bits per heavy atom. The number of benzene rings is 1. The van der Waals surface area contributed by atoms with Crippen molar-refractivity contribution >= 4 is 40.9 Å². The molecule has 1 unspecified atom stereocenters. The summed E-state index contributed by atoms with van der Waals surface area (Å²) >= 11 is 12.4. The number of nitrogens with zero attached hydrogens (tertiary/aromatic N) is 4. The largest absolute Gasteiger partial charge is 0.481 e. The van der Waals surface area contributed by atoms with Crippen molar-refractivity contribution in [1.82, 2.24) is 14.9 Å². The fourth-order valence-corrected chi connectivity index (χ4v) is 6.39. The number of hydrogen-bond donors (Lipinski definition) is 2. The number of nitrogens with one attached hydrogen (secondary N) is 1. The first-order chi connectivity index (χ1) is 17.1. The topological polar surface area (TPSA) is 81.6 Å². The van der Waals surface area contributed by atoms with Crippen molar-refractivity contribution in [3.63, 3.8) is 0 Å². The molecule has 0 spiro atoms. The molecule has 36 heavy (non-hydrogen) atoms. The molecule has 5 rings (SSSR count). The fourth-order valence-electron chi connectivity index (χ4n) is 5.92. The number of carbonyl (C=O) groups is 1. The lowest BCUT2D eigenvalue weighted by Gasteiger charge is -2.52. The Labute approximate surface area is 223 Å². The van der Waals surface area contributed by atoms with Crippen LogP contribution in [0.4, 0.5) is 11.8 Å². The molecule has 2 saturated heterocycles. The highest BCUT2D eigenvalue weighted by Crippen LogP contribution is 2.45. The first-order valence-corrected chi connectivity index (χ1v) is 13.6. The van der Waals surface area contributed by atoms with Crippen LogP contribution in [-0.2, 0) is 11.3 Å². The van der Waals surface area contributed by atoms with E-state index in [9.17, 15) is 9.90 Å². The molecule has 3 aliphatic rings. The minimum absolute atomic E-state index is 0.427. The number of carboxylic acid groups (broad SMARTS) is 1. The molecule has 1 aromatic heterocycles. The second kappa shape index (κ2) is 9.99. The summed E-state index contributed by atoms with van der Waals surface area (Å²) in [5.41, 5.74) is 2.45. The Morgan fingerprint density at radius 2 is 1.92 bits per heavy atom. The van der Waals surface area contributed by atoms with Gasteiger partial charge >= 0.3 is 5.97 Å². The van der Waals surface area contributed by atoms with Crippen molar-refractivity contribution in [3.8, 4) is 0 Å².